The number of amides is 1. The second-order valence-corrected chi connectivity index (χ2v) is 12.3. The van der Waals surface area contributed by atoms with Crippen LogP contribution >= 0.6 is 10.8 Å². The maximum absolute atomic E-state index is 13.5. The number of rotatable bonds is 13. The number of carbonyl (C=O) groups is 1. The van der Waals surface area contributed by atoms with E-state index in [0.717, 1.165) is 37.1 Å². The smallest absolute Gasteiger partial charge is 0.251 e. The van der Waals surface area contributed by atoms with Crippen LogP contribution in [0.1, 0.15) is 56.0 Å². The molecular formula is C28H44N4O4S. The van der Waals surface area contributed by atoms with Crippen LogP contribution in [-0.2, 0) is 6.42 Å². The minimum absolute atomic E-state index is 0.309. The number of nitrogens with zero attached hydrogens (tertiary/aromatic N) is 1. The molecular weight excluding hydrogens is 488 g/mol. The van der Waals surface area contributed by atoms with Crippen LogP contribution < -0.4 is 20.3 Å². The van der Waals surface area contributed by atoms with Gasteiger partial charge in [0.15, 0.2) is 0 Å². The number of carbonyl (C=O) groups excluding carboxylic acids is 1. The van der Waals surface area contributed by atoms with Crippen molar-refractivity contribution >= 4 is 28.1 Å². The van der Waals surface area contributed by atoms with Crippen molar-refractivity contribution in [1.29, 1.82) is 0 Å². The third kappa shape index (κ3) is 8.90. The minimum atomic E-state index is -2.92. The molecule has 206 valence electrons. The van der Waals surface area contributed by atoms with Crippen LogP contribution in [0, 0.1) is 5.92 Å². The molecule has 2 unspecified atom stereocenters. The van der Waals surface area contributed by atoms with Crippen LogP contribution in [0.15, 0.2) is 48.5 Å². The molecule has 0 spiro atoms. The number of aliphatic hydroxyl groups excluding tert-OH is 1. The Bertz CT molecular complexity index is 989. The topological polar surface area (TPSA) is 117 Å². The standard InChI is InChI=1S/C28H44N4O4S/c1-4-30-24-17-23(18-25(19-24)32-14-8-9-15-37(32,35)36)28(34)31-26(16-22-10-6-5-7-11-22)27(33)20-29-13-12-21(2)3/h5-7,10-11,17-19,21,26-27,29-30,33,35-36H,4,8-9,12-16,20H2,1-3H3,(H,31,34). The molecule has 0 aromatic heterocycles. The lowest BCUT2D eigenvalue weighted by molar-refractivity contribution is 0.0830. The lowest BCUT2D eigenvalue weighted by Crippen LogP contribution is -2.49. The summed E-state index contributed by atoms with van der Waals surface area (Å²) in [5, 5.41) is 20.7. The molecule has 2 atom stereocenters. The molecule has 1 saturated heterocycles. The summed E-state index contributed by atoms with van der Waals surface area (Å²) in [5.74, 6) is 0.590. The molecule has 0 bridgehead atoms. The van der Waals surface area contributed by atoms with E-state index in [1.807, 2.05) is 43.3 Å². The zero-order valence-corrected chi connectivity index (χ0v) is 23.1. The second-order valence-electron chi connectivity index (χ2n) is 10.2. The van der Waals surface area contributed by atoms with Gasteiger partial charge < -0.3 is 21.1 Å². The summed E-state index contributed by atoms with van der Waals surface area (Å²) in [5.41, 5.74) is 2.78. The first-order valence-corrected chi connectivity index (χ1v) is 15.0. The number of nitrogens with one attached hydrogen (secondary N) is 3. The lowest BCUT2D eigenvalue weighted by Gasteiger charge is -2.47. The molecule has 0 aliphatic carbocycles. The Labute approximate surface area is 223 Å². The highest BCUT2D eigenvalue weighted by molar-refractivity contribution is 8.25. The van der Waals surface area contributed by atoms with Crippen molar-refractivity contribution in [1.82, 2.24) is 10.6 Å². The summed E-state index contributed by atoms with van der Waals surface area (Å²) in [6.45, 7) is 8.66. The van der Waals surface area contributed by atoms with Crippen molar-refractivity contribution in [3.05, 3.63) is 59.7 Å². The van der Waals surface area contributed by atoms with Crippen LogP contribution in [0.5, 0.6) is 0 Å². The molecule has 1 aliphatic rings. The quantitative estimate of drug-likeness (QED) is 0.207. The highest BCUT2D eigenvalue weighted by Crippen LogP contribution is 2.50. The van der Waals surface area contributed by atoms with Crippen LogP contribution in [0.4, 0.5) is 11.4 Å². The first-order valence-electron chi connectivity index (χ1n) is 13.4. The minimum Gasteiger partial charge on any atom is -0.390 e. The van der Waals surface area contributed by atoms with Crippen molar-refractivity contribution < 1.29 is 19.0 Å². The summed E-state index contributed by atoms with van der Waals surface area (Å²) < 4.78 is 23.0. The fraction of sp³-hybridized carbons (Fsp3) is 0.536. The normalized spacial score (nSPS) is 17.8. The van der Waals surface area contributed by atoms with E-state index in [1.54, 1.807) is 16.4 Å². The van der Waals surface area contributed by atoms with E-state index in [2.05, 4.69) is 29.8 Å². The van der Waals surface area contributed by atoms with Gasteiger partial charge in [-0.3, -0.25) is 18.2 Å². The molecule has 8 nitrogen and oxygen atoms in total. The van der Waals surface area contributed by atoms with E-state index in [0.29, 0.717) is 49.0 Å². The van der Waals surface area contributed by atoms with E-state index in [-0.39, 0.29) is 5.91 Å². The van der Waals surface area contributed by atoms with Crippen molar-refractivity contribution in [3.8, 4) is 0 Å². The van der Waals surface area contributed by atoms with Gasteiger partial charge in [-0.2, -0.15) is 0 Å². The Morgan fingerprint density at radius 2 is 1.86 bits per heavy atom. The fourth-order valence-corrected chi connectivity index (χ4v) is 6.16. The fourth-order valence-electron chi connectivity index (χ4n) is 4.48. The zero-order chi connectivity index (χ0) is 26.8. The van der Waals surface area contributed by atoms with Gasteiger partial charge in [-0.1, -0.05) is 44.2 Å². The van der Waals surface area contributed by atoms with Crippen LogP contribution in [0.3, 0.4) is 0 Å². The molecule has 6 N–H and O–H groups in total. The maximum Gasteiger partial charge on any atom is 0.251 e. The molecule has 3 rings (SSSR count). The third-order valence-electron chi connectivity index (χ3n) is 6.56. The Kier molecular flexibility index (Phi) is 11.1. The van der Waals surface area contributed by atoms with E-state index in [4.69, 9.17) is 0 Å². The van der Waals surface area contributed by atoms with Crippen LogP contribution in [-0.4, -0.2) is 64.2 Å². The van der Waals surface area contributed by atoms with E-state index in [1.165, 1.54) is 0 Å². The average molecular weight is 533 g/mol. The van der Waals surface area contributed by atoms with Gasteiger partial charge in [0.25, 0.3) is 5.91 Å². The van der Waals surface area contributed by atoms with Crippen LogP contribution in [0.25, 0.3) is 0 Å². The summed E-state index contributed by atoms with van der Waals surface area (Å²) in [6, 6.07) is 14.7. The molecule has 2 aromatic carbocycles. The summed E-state index contributed by atoms with van der Waals surface area (Å²) in [4.78, 5) is 13.5. The van der Waals surface area contributed by atoms with Gasteiger partial charge in [0.05, 0.1) is 23.6 Å². The molecule has 0 radical (unpaired) electrons. The molecule has 1 heterocycles. The number of benzene rings is 2. The van der Waals surface area contributed by atoms with Crippen molar-refractivity contribution in [2.24, 2.45) is 5.92 Å². The number of aliphatic hydroxyl groups is 1. The molecule has 1 fully saturated rings. The van der Waals surface area contributed by atoms with Crippen molar-refractivity contribution in [3.63, 3.8) is 0 Å². The maximum atomic E-state index is 13.5. The first kappa shape index (κ1) is 29.3. The van der Waals surface area contributed by atoms with Gasteiger partial charge in [-0.25, -0.2) is 0 Å². The van der Waals surface area contributed by atoms with Gasteiger partial charge >= 0.3 is 0 Å². The van der Waals surface area contributed by atoms with E-state index >= 15 is 0 Å². The number of anilines is 2. The monoisotopic (exact) mass is 532 g/mol. The highest BCUT2D eigenvalue weighted by atomic mass is 32.3. The predicted molar refractivity (Wildman–Crippen MR) is 155 cm³/mol. The first-order chi connectivity index (χ1) is 17.7. The average Bonchev–Trinajstić information content (AvgIpc) is 2.86. The van der Waals surface area contributed by atoms with Gasteiger partial charge in [0.2, 0.25) is 0 Å². The van der Waals surface area contributed by atoms with E-state index in [9.17, 15) is 19.0 Å². The Morgan fingerprint density at radius 3 is 2.54 bits per heavy atom. The molecule has 9 heteroatoms. The largest absolute Gasteiger partial charge is 0.390 e. The predicted octanol–water partition coefficient (Wildman–Crippen LogP) is 4.72. The molecule has 1 aliphatic heterocycles. The van der Waals surface area contributed by atoms with Gasteiger partial charge in [-0.05, 0) is 68.8 Å². The highest BCUT2D eigenvalue weighted by Gasteiger charge is 2.28. The Balaban J connectivity index is 1.81. The van der Waals surface area contributed by atoms with Crippen molar-refractivity contribution in [2.75, 3.05) is 41.6 Å². The number of hydrogen-bond acceptors (Lipinski definition) is 7. The van der Waals surface area contributed by atoms with Gasteiger partial charge in [0, 0.05) is 30.9 Å². The number of hydrogen-bond donors (Lipinski definition) is 6. The SMILES string of the molecule is CCNc1cc(C(=O)NC(Cc2ccccc2)C(O)CNCCC(C)C)cc(N2CCCCS2(O)O)c1. The summed E-state index contributed by atoms with van der Waals surface area (Å²) in [6.07, 6.45) is 2.35. The summed E-state index contributed by atoms with van der Waals surface area (Å²) >= 11 is 0. The van der Waals surface area contributed by atoms with Gasteiger partial charge in [0.1, 0.15) is 0 Å². The Hall–Kier alpha value is -2.30. The molecule has 0 saturated carbocycles. The van der Waals surface area contributed by atoms with Gasteiger partial charge in [-0.15, -0.1) is 10.8 Å². The summed E-state index contributed by atoms with van der Waals surface area (Å²) in [7, 11) is -2.92. The third-order valence-corrected chi connectivity index (χ3v) is 8.50. The zero-order valence-electron chi connectivity index (χ0n) is 22.3. The van der Waals surface area contributed by atoms with Crippen LogP contribution in [0.2, 0.25) is 0 Å². The lowest BCUT2D eigenvalue weighted by atomic mass is 10.00. The molecule has 2 aromatic rings. The van der Waals surface area contributed by atoms with E-state index < -0.39 is 22.9 Å². The molecule has 1 amide bonds. The molecule has 37 heavy (non-hydrogen) atoms. The second kappa shape index (κ2) is 14.0. The van der Waals surface area contributed by atoms with Crippen molar-refractivity contribution in [2.45, 2.75) is 58.6 Å². The Morgan fingerprint density at radius 1 is 1.11 bits per heavy atom.